The van der Waals surface area contributed by atoms with Gasteiger partial charge in [-0.25, -0.2) is 0 Å². The molecule has 0 saturated heterocycles. The van der Waals surface area contributed by atoms with E-state index in [2.05, 4.69) is 51.8 Å². The molecule has 1 aromatic rings. The second kappa shape index (κ2) is 3.92. The van der Waals surface area contributed by atoms with Gasteiger partial charge in [-0.05, 0) is 21.3 Å². The molecule has 0 aromatic carbocycles. The zero-order valence-corrected chi connectivity index (χ0v) is 10.7. The first-order chi connectivity index (χ1) is 5.88. The maximum atomic E-state index is 4.05. The third-order valence-corrected chi connectivity index (χ3v) is 2.90. The van der Waals surface area contributed by atoms with Crippen molar-refractivity contribution in [2.75, 3.05) is 18.5 Å². The highest BCUT2D eigenvalue weighted by atomic mass is 79.9. The van der Waals surface area contributed by atoms with Crippen LogP contribution >= 0.6 is 27.3 Å². The minimum atomic E-state index is 0.285. The smallest absolute Gasteiger partial charge is 0.208 e. The van der Waals surface area contributed by atoms with E-state index in [1.165, 1.54) is 0 Å². The van der Waals surface area contributed by atoms with Gasteiger partial charge in [0.05, 0.1) is 0 Å². The standard InChI is InChI=1S/C8H14BrN3S/c1-8(2,3)5-12(4)7-11-10-6(9)13-7/h5H2,1-4H3. The van der Waals surface area contributed by atoms with E-state index in [1.54, 1.807) is 11.3 Å². The highest BCUT2D eigenvalue weighted by Gasteiger charge is 2.16. The van der Waals surface area contributed by atoms with Crippen LogP contribution in [-0.4, -0.2) is 23.8 Å². The third kappa shape index (κ3) is 3.60. The van der Waals surface area contributed by atoms with Gasteiger partial charge in [0.1, 0.15) is 0 Å². The summed E-state index contributed by atoms with van der Waals surface area (Å²) in [5.41, 5.74) is 0.285. The number of rotatable bonds is 2. The fraction of sp³-hybridized carbons (Fsp3) is 0.750. The molecule has 74 valence electrons. The zero-order chi connectivity index (χ0) is 10.1. The van der Waals surface area contributed by atoms with Crippen LogP contribution in [0.1, 0.15) is 20.8 Å². The fourth-order valence-electron chi connectivity index (χ4n) is 1.13. The summed E-state index contributed by atoms with van der Waals surface area (Å²) in [5, 5.41) is 8.92. The Balaban J connectivity index is 2.64. The lowest BCUT2D eigenvalue weighted by atomic mass is 9.96. The molecule has 0 atom stereocenters. The number of aromatic nitrogens is 2. The highest BCUT2D eigenvalue weighted by Crippen LogP contribution is 2.25. The molecule has 0 N–H and O–H groups in total. The molecule has 0 spiro atoms. The molecule has 0 aliphatic rings. The van der Waals surface area contributed by atoms with Gasteiger partial charge in [-0.15, -0.1) is 10.2 Å². The molecule has 0 bridgehead atoms. The first kappa shape index (κ1) is 10.9. The number of hydrogen-bond acceptors (Lipinski definition) is 4. The van der Waals surface area contributed by atoms with Gasteiger partial charge in [-0.2, -0.15) is 0 Å². The van der Waals surface area contributed by atoms with E-state index in [0.29, 0.717) is 0 Å². The van der Waals surface area contributed by atoms with E-state index in [-0.39, 0.29) is 5.41 Å². The van der Waals surface area contributed by atoms with Crippen molar-refractivity contribution >= 4 is 32.4 Å². The van der Waals surface area contributed by atoms with Crippen LogP contribution in [-0.2, 0) is 0 Å². The highest BCUT2D eigenvalue weighted by molar-refractivity contribution is 9.11. The second-order valence-electron chi connectivity index (χ2n) is 4.25. The Morgan fingerprint density at radius 2 is 2.00 bits per heavy atom. The van der Waals surface area contributed by atoms with Crippen molar-refractivity contribution in [3.8, 4) is 0 Å². The predicted octanol–water partition coefficient (Wildman–Crippen LogP) is 2.78. The van der Waals surface area contributed by atoms with Crippen molar-refractivity contribution in [1.82, 2.24) is 10.2 Å². The number of halogens is 1. The molecule has 1 rings (SSSR count). The maximum Gasteiger partial charge on any atom is 0.208 e. The summed E-state index contributed by atoms with van der Waals surface area (Å²) in [6.45, 7) is 7.60. The van der Waals surface area contributed by atoms with E-state index in [4.69, 9.17) is 0 Å². The van der Waals surface area contributed by atoms with Gasteiger partial charge in [-0.3, -0.25) is 0 Å². The molecule has 1 aromatic heterocycles. The first-order valence-corrected chi connectivity index (χ1v) is 5.69. The summed E-state index contributed by atoms with van der Waals surface area (Å²) in [5.74, 6) is 0. The Morgan fingerprint density at radius 3 is 2.38 bits per heavy atom. The first-order valence-electron chi connectivity index (χ1n) is 4.09. The third-order valence-electron chi connectivity index (χ3n) is 1.43. The second-order valence-corrected chi connectivity index (χ2v) is 6.49. The fourth-order valence-corrected chi connectivity index (χ4v) is 2.18. The molecule has 0 fully saturated rings. The molecule has 1 heterocycles. The van der Waals surface area contributed by atoms with E-state index < -0.39 is 0 Å². The SMILES string of the molecule is CN(CC(C)(C)C)c1nnc(Br)s1. The van der Waals surface area contributed by atoms with Crippen LogP contribution in [0.3, 0.4) is 0 Å². The van der Waals surface area contributed by atoms with Crippen LogP contribution in [0, 0.1) is 5.41 Å². The van der Waals surface area contributed by atoms with Crippen molar-refractivity contribution in [2.24, 2.45) is 5.41 Å². The van der Waals surface area contributed by atoms with Crippen LogP contribution in [0.15, 0.2) is 3.92 Å². The molecule has 13 heavy (non-hydrogen) atoms. The summed E-state index contributed by atoms with van der Waals surface area (Å²) >= 11 is 4.86. The van der Waals surface area contributed by atoms with Crippen molar-refractivity contribution < 1.29 is 0 Å². The molecule has 3 nitrogen and oxygen atoms in total. The Labute approximate surface area is 91.3 Å². The lowest BCUT2D eigenvalue weighted by Crippen LogP contribution is -2.28. The molecule has 0 amide bonds. The minimum absolute atomic E-state index is 0.285. The molecule has 0 aliphatic carbocycles. The molecule has 0 unspecified atom stereocenters. The van der Waals surface area contributed by atoms with Crippen molar-refractivity contribution in [1.29, 1.82) is 0 Å². The number of nitrogens with zero attached hydrogens (tertiary/aromatic N) is 3. The summed E-state index contributed by atoms with van der Waals surface area (Å²) in [4.78, 5) is 2.13. The average Bonchev–Trinajstić information content (AvgIpc) is 2.31. The predicted molar refractivity (Wildman–Crippen MR) is 60.3 cm³/mol. The van der Waals surface area contributed by atoms with Crippen LogP contribution < -0.4 is 4.90 Å². The average molecular weight is 264 g/mol. The van der Waals surface area contributed by atoms with Gasteiger partial charge in [0.2, 0.25) is 5.13 Å². The normalized spacial score (nSPS) is 11.8. The number of anilines is 1. The van der Waals surface area contributed by atoms with Gasteiger partial charge >= 0.3 is 0 Å². The van der Waals surface area contributed by atoms with Crippen molar-refractivity contribution in [2.45, 2.75) is 20.8 Å². The van der Waals surface area contributed by atoms with Crippen LogP contribution in [0.5, 0.6) is 0 Å². The van der Waals surface area contributed by atoms with Gasteiger partial charge < -0.3 is 4.90 Å². The van der Waals surface area contributed by atoms with Gasteiger partial charge in [-0.1, -0.05) is 32.1 Å². The Morgan fingerprint density at radius 1 is 1.38 bits per heavy atom. The summed E-state index contributed by atoms with van der Waals surface area (Å²) in [6, 6.07) is 0. The summed E-state index contributed by atoms with van der Waals surface area (Å²) in [6.07, 6.45) is 0. The van der Waals surface area contributed by atoms with Crippen LogP contribution in [0.4, 0.5) is 5.13 Å². The number of hydrogen-bond donors (Lipinski definition) is 0. The van der Waals surface area contributed by atoms with Crippen molar-refractivity contribution in [3.63, 3.8) is 0 Å². The molecule has 0 radical (unpaired) electrons. The van der Waals surface area contributed by atoms with Gasteiger partial charge in [0, 0.05) is 13.6 Å². The van der Waals surface area contributed by atoms with E-state index >= 15 is 0 Å². The zero-order valence-electron chi connectivity index (χ0n) is 8.33. The summed E-state index contributed by atoms with van der Waals surface area (Å²) in [7, 11) is 2.04. The molecule has 0 saturated carbocycles. The summed E-state index contributed by atoms with van der Waals surface area (Å²) < 4.78 is 0.836. The van der Waals surface area contributed by atoms with Crippen molar-refractivity contribution in [3.05, 3.63) is 3.92 Å². The molecule has 5 heteroatoms. The van der Waals surface area contributed by atoms with Crippen LogP contribution in [0.2, 0.25) is 0 Å². The molecular formula is C8H14BrN3S. The van der Waals surface area contributed by atoms with E-state index in [1.807, 2.05) is 7.05 Å². The van der Waals surface area contributed by atoms with E-state index in [0.717, 1.165) is 15.6 Å². The lowest BCUT2D eigenvalue weighted by molar-refractivity contribution is 0.418. The Bertz CT molecular complexity index is 279. The quantitative estimate of drug-likeness (QED) is 0.822. The molecular weight excluding hydrogens is 250 g/mol. The monoisotopic (exact) mass is 263 g/mol. The Kier molecular flexibility index (Phi) is 3.29. The largest absolute Gasteiger partial charge is 0.349 e. The maximum absolute atomic E-state index is 4.05. The topological polar surface area (TPSA) is 29.0 Å². The molecule has 0 aliphatic heterocycles. The van der Waals surface area contributed by atoms with Gasteiger partial charge in [0.25, 0.3) is 0 Å². The van der Waals surface area contributed by atoms with Crippen LogP contribution in [0.25, 0.3) is 0 Å². The van der Waals surface area contributed by atoms with Gasteiger partial charge in [0.15, 0.2) is 3.92 Å². The van der Waals surface area contributed by atoms with E-state index in [9.17, 15) is 0 Å². The lowest BCUT2D eigenvalue weighted by Gasteiger charge is -2.25. The minimum Gasteiger partial charge on any atom is -0.349 e. The Hall–Kier alpha value is -0.160.